The SMILES string of the molecule is C[C@@H](O)[C@@H](N)c1ccc(C(F)(F)F)c(Cl)c1.Cl. The fraction of sp³-hybridized carbons (Fsp3) is 0.400. The van der Waals surface area contributed by atoms with Gasteiger partial charge in [0.15, 0.2) is 0 Å². The Morgan fingerprint density at radius 3 is 2.24 bits per heavy atom. The number of benzene rings is 1. The third-order valence-corrected chi connectivity index (χ3v) is 2.52. The molecular formula is C10H12Cl2F3NO. The van der Waals surface area contributed by atoms with Crippen LogP contribution in [0, 0.1) is 0 Å². The highest BCUT2D eigenvalue weighted by atomic mass is 35.5. The molecule has 0 aromatic heterocycles. The molecule has 1 rings (SSSR count). The number of hydrogen-bond acceptors (Lipinski definition) is 2. The molecule has 17 heavy (non-hydrogen) atoms. The first-order valence-corrected chi connectivity index (χ1v) is 4.91. The van der Waals surface area contributed by atoms with Gasteiger partial charge in [-0.25, -0.2) is 0 Å². The van der Waals surface area contributed by atoms with E-state index in [1.165, 1.54) is 13.0 Å². The predicted octanol–water partition coefficient (Wildman–Crippen LogP) is 3.16. The number of aliphatic hydroxyl groups excluding tert-OH is 1. The van der Waals surface area contributed by atoms with Crippen molar-refractivity contribution in [1.82, 2.24) is 0 Å². The van der Waals surface area contributed by atoms with Crippen molar-refractivity contribution in [2.45, 2.75) is 25.2 Å². The van der Waals surface area contributed by atoms with Crippen molar-refractivity contribution >= 4 is 24.0 Å². The average Bonchev–Trinajstić information content (AvgIpc) is 2.14. The molecule has 0 spiro atoms. The first kappa shape index (κ1) is 16.5. The van der Waals surface area contributed by atoms with Crippen molar-refractivity contribution in [3.8, 4) is 0 Å². The van der Waals surface area contributed by atoms with E-state index in [-0.39, 0.29) is 12.4 Å². The molecule has 1 aromatic rings. The number of aliphatic hydroxyl groups is 1. The Balaban J connectivity index is 0.00000256. The number of halogens is 5. The minimum absolute atomic E-state index is 0. The molecule has 1 aromatic carbocycles. The van der Waals surface area contributed by atoms with Crippen LogP contribution < -0.4 is 5.73 Å². The van der Waals surface area contributed by atoms with Gasteiger partial charge in [0.1, 0.15) is 0 Å². The minimum Gasteiger partial charge on any atom is -0.391 e. The van der Waals surface area contributed by atoms with E-state index in [0.29, 0.717) is 5.56 Å². The number of rotatable bonds is 2. The van der Waals surface area contributed by atoms with Gasteiger partial charge >= 0.3 is 6.18 Å². The molecule has 2 atom stereocenters. The van der Waals surface area contributed by atoms with Gasteiger partial charge in [0.05, 0.1) is 22.7 Å². The fourth-order valence-electron chi connectivity index (χ4n) is 1.25. The molecule has 98 valence electrons. The third-order valence-electron chi connectivity index (χ3n) is 2.20. The molecule has 7 heteroatoms. The molecule has 0 fully saturated rings. The van der Waals surface area contributed by atoms with E-state index in [4.69, 9.17) is 17.3 Å². The minimum atomic E-state index is -4.48. The third kappa shape index (κ3) is 4.03. The summed E-state index contributed by atoms with van der Waals surface area (Å²) in [7, 11) is 0. The van der Waals surface area contributed by atoms with Gasteiger partial charge in [0.2, 0.25) is 0 Å². The Bertz CT molecular complexity index is 382. The molecule has 0 bridgehead atoms. The lowest BCUT2D eigenvalue weighted by Gasteiger charge is -2.17. The first-order chi connectivity index (χ1) is 7.23. The van der Waals surface area contributed by atoms with Crippen molar-refractivity contribution in [3.63, 3.8) is 0 Å². The van der Waals surface area contributed by atoms with Crippen molar-refractivity contribution in [2.75, 3.05) is 0 Å². The van der Waals surface area contributed by atoms with Crippen LogP contribution in [0.1, 0.15) is 24.1 Å². The van der Waals surface area contributed by atoms with E-state index < -0.39 is 28.9 Å². The summed E-state index contributed by atoms with van der Waals surface area (Å²) in [5, 5.41) is 8.79. The van der Waals surface area contributed by atoms with Gasteiger partial charge in [0, 0.05) is 0 Å². The second-order valence-corrected chi connectivity index (χ2v) is 3.91. The topological polar surface area (TPSA) is 46.2 Å². The summed E-state index contributed by atoms with van der Waals surface area (Å²) in [4.78, 5) is 0. The molecule has 0 heterocycles. The number of hydrogen-bond donors (Lipinski definition) is 2. The molecule has 0 aliphatic heterocycles. The normalized spacial score (nSPS) is 15.0. The molecule has 3 N–H and O–H groups in total. The average molecular weight is 290 g/mol. The highest BCUT2D eigenvalue weighted by Gasteiger charge is 2.33. The van der Waals surface area contributed by atoms with E-state index in [1.807, 2.05) is 0 Å². The Morgan fingerprint density at radius 1 is 1.35 bits per heavy atom. The summed E-state index contributed by atoms with van der Waals surface area (Å²) >= 11 is 5.51. The Labute approximate surface area is 108 Å². The molecule has 0 saturated heterocycles. The predicted molar refractivity (Wildman–Crippen MR) is 62.3 cm³/mol. The molecule has 0 saturated carbocycles. The maximum atomic E-state index is 12.4. The van der Waals surface area contributed by atoms with Crippen LogP contribution in [0.2, 0.25) is 5.02 Å². The van der Waals surface area contributed by atoms with Crippen LogP contribution in [0.15, 0.2) is 18.2 Å². The molecule has 0 aliphatic rings. The summed E-state index contributed by atoms with van der Waals surface area (Å²) in [6, 6.07) is 2.45. The van der Waals surface area contributed by atoms with Gasteiger partial charge in [-0.3, -0.25) is 0 Å². The summed E-state index contributed by atoms with van der Waals surface area (Å²) in [5.41, 5.74) is 5.04. The van der Waals surface area contributed by atoms with Crippen LogP contribution in [-0.2, 0) is 6.18 Å². The zero-order chi connectivity index (χ0) is 12.5. The van der Waals surface area contributed by atoms with E-state index in [1.54, 1.807) is 0 Å². The summed E-state index contributed by atoms with van der Waals surface area (Å²) in [5.74, 6) is 0. The highest BCUT2D eigenvalue weighted by Crippen LogP contribution is 2.35. The molecular weight excluding hydrogens is 278 g/mol. The summed E-state index contributed by atoms with van der Waals surface area (Å²) in [6.07, 6.45) is -5.34. The second-order valence-electron chi connectivity index (χ2n) is 3.50. The maximum absolute atomic E-state index is 12.4. The van der Waals surface area contributed by atoms with E-state index in [0.717, 1.165) is 12.1 Å². The number of nitrogens with two attached hydrogens (primary N) is 1. The van der Waals surface area contributed by atoms with Crippen molar-refractivity contribution < 1.29 is 18.3 Å². The van der Waals surface area contributed by atoms with Gasteiger partial charge in [-0.1, -0.05) is 17.7 Å². The monoisotopic (exact) mass is 289 g/mol. The zero-order valence-corrected chi connectivity index (χ0v) is 10.4. The van der Waals surface area contributed by atoms with Gasteiger partial charge in [-0.05, 0) is 24.6 Å². The van der Waals surface area contributed by atoms with Crippen LogP contribution in [0.25, 0.3) is 0 Å². The highest BCUT2D eigenvalue weighted by molar-refractivity contribution is 6.31. The van der Waals surface area contributed by atoms with Crippen LogP contribution in [0.5, 0.6) is 0 Å². The maximum Gasteiger partial charge on any atom is 0.417 e. The Kier molecular flexibility index (Phi) is 5.74. The first-order valence-electron chi connectivity index (χ1n) is 4.53. The quantitative estimate of drug-likeness (QED) is 0.878. The van der Waals surface area contributed by atoms with E-state index in [2.05, 4.69) is 0 Å². The number of alkyl halides is 3. The molecule has 0 radical (unpaired) electrons. The molecule has 0 amide bonds. The molecule has 0 aliphatic carbocycles. The van der Waals surface area contributed by atoms with Gasteiger partial charge < -0.3 is 10.8 Å². The van der Waals surface area contributed by atoms with Gasteiger partial charge in [-0.2, -0.15) is 13.2 Å². The fourth-order valence-corrected chi connectivity index (χ4v) is 1.54. The van der Waals surface area contributed by atoms with Crippen LogP contribution in [-0.4, -0.2) is 11.2 Å². The lowest BCUT2D eigenvalue weighted by Crippen LogP contribution is -2.23. The van der Waals surface area contributed by atoms with Gasteiger partial charge in [-0.15, -0.1) is 12.4 Å². The van der Waals surface area contributed by atoms with Crippen molar-refractivity contribution in [3.05, 3.63) is 34.3 Å². The van der Waals surface area contributed by atoms with Crippen LogP contribution >= 0.6 is 24.0 Å². The smallest absolute Gasteiger partial charge is 0.391 e. The largest absolute Gasteiger partial charge is 0.417 e. The Morgan fingerprint density at radius 2 is 1.88 bits per heavy atom. The van der Waals surface area contributed by atoms with Gasteiger partial charge in [0.25, 0.3) is 0 Å². The van der Waals surface area contributed by atoms with Crippen LogP contribution in [0.3, 0.4) is 0 Å². The standard InChI is InChI=1S/C10H11ClF3NO.ClH/c1-5(16)9(15)6-2-3-7(8(11)4-6)10(12,13)14;/h2-5,9,16H,15H2,1H3;1H/t5-,9-;/m1./s1. The second kappa shape index (κ2) is 5.91. The zero-order valence-electron chi connectivity index (χ0n) is 8.83. The lowest BCUT2D eigenvalue weighted by molar-refractivity contribution is -0.137. The lowest BCUT2D eigenvalue weighted by atomic mass is 10.0. The Hall–Kier alpha value is -0.490. The van der Waals surface area contributed by atoms with Crippen LogP contribution in [0.4, 0.5) is 13.2 Å². The molecule has 0 unspecified atom stereocenters. The van der Waals surface area contributed by atoms with E-state index >= 15 is 0 Å². The van der Waals surface area contributed by atoms with Crippen molar-refractivity contribution in [1.29, 1.82) is 0 Å². The van der Waals surface area contributed by atoms with E-state index in [9.17, 15) is 18.3 Å². The molecule has 2 nitrogen and oxygen atoms in total. The summed E-state index contributed by atoms with van der Waals surface area (Å²) in [6.45, 7) is 1.45. The summed E-state index contributed by atoms with van der Waals surface area (Å²) < 4.78 is 37.1. The van der Waals surface area contributed by atoms with Crippen molar-refractivity contribution in [2.24, 2.45) is 5.73 Å².